The molecule has 3 rings (SSSR count). The number of sulfone groups is 1. The summed E-state index contributed by atoms with van der Waals surface area (Å²) < 4.78 is 23.1. The van der Waals surface area contributed by atoms with Crippen molar-refractivity contribution in [2.45, 2.75) is 25.8 Å². The third kappa shape index (κ3) is 7.97. The molecule has 2 aliphatic heterocycles. The fourth-order valence-electron chi connectivity index (χ4n) is 3.75. The van der Waals surface area contributed by atoms with Crippen LogP contribution in [-0.4, -0.2) is 88.0 Å². The Bertz CT molecular complexity index is 707. The van der Waals surface area contributed by atoms with Crippen molar-refractivity contribution in [3.05, 3.63) is 22.4 Å². The van der Waals surface area contributed by atoms with Gasteiger partial charge in [0.05, 0.1) is 24.1 Å². The van der Waals surface area contributed by atoms with E-state index >= 15 is 0 Å². The van der Waals surface area contributed by atoms with Crippen LogP contribution in [0.4, 0.5) is 0 Å². The predicted molar refractivity (Wildman–Crippen MR) is 132 cm³/mol. The minimum atomic E-state index is -2.82. The van der Waals surface area contributed by atoms with Gasteiger partial charge in [-0.3, -0.25) is 14.8 Å². The third-order valence-electron chi connectivity index (χ3n) is 5.38. The molecule has 10 heteroatoms. The number of likely N-dealkylation sites (tertiary alicyclic amines) is 1. The number of nitrogens with zero attached hydrogens (tertiary/aromatic N) is 3. The number of aliphatic imine (C=N–C) groups is 1. The van der Waals surface area contributed by atoms with E-state index in [1.54, 1.807) is 0 Å². The van der Waals surface area contributed by atoms with Crippen LogP contribution in [0.25, 0.3) is 0 Å². The summed E-state index contributed by atoms with van der Waals surface area (Å²) in [5.74, 6) is 1.40. The lowest BCUT2D eigenvalue weighted by molar-refractivity contribution is 0.255. The van der Waals surface area contributed by atoms with E-state index in [0.717, 1.165) is 45.2 Å². The molecule has 7 nitrogen and oxygen atoms in total. The van der Waals surface area contributed by atoms with Crippen LogP contribution in [0.2, 0.25) is 0 Å². The fraction of sp³-hybridized carbons (Fsp3) is 0.737. The SMILES string of the molecule is CCNC(=NCC(c1cccs1)N1CCCC1)NCCN1CCS(=O)(=O)CC1.I. The normalized spacial score (nSPS) is 21.5. The fourth-order valence-corrected chi connectivity index (χ4v) is 5.87. The number of thiophene rings is 1. The average molecular weight is 556 g/mol. The molecule has 2 N–H and O–H groups in total. The number of guanidine groups is 1. The van der Waals surface area contributed by atoms with Crippen molar-refractivity contribution in [3.63, 3.8) is 0 Å². The van der Waals surface area contributed by atoms with E-state index in [4.69, 9.17) is 4.99 Å². The van der Waals surface area contributed by atoms with Crippen molar-refractivity contribution >= 4 is 51.1 Å². The smallest absolute Gasteiger partial charge is 0.191 e. The van der Waals surface area contributed by atoms with E-state index in [0.29, 0.717) is 19.1 Å². The maximum absolute atomic E-state index is 11.5. The van der Waals surface area contributed by atoms with E-state index in [1.807, 2.05) is 11.3 Å². The van der Waals surface area contributed by atoms with Crippen molar-refractivity contribution in [1.82, 2.24) is 20.4 Å². The molecule has 1 unspecified atom stereocenters. The molecule has 2 saturated heterocycles. The van der Waals surface area contributed by atoms with Gasteiger partial charge in [0, 0.05) is 37.6 Å². The van der Waals surface area contributed by atoms with E-state index in [-0.39, 0.29) is 35.5 Å². The van der Waals surface area contributed by atoms with E-state index < -0.39 is 9.84 Å². The van der Waals surface area contributed by atoms with Crippen LogP contribution in [0.15, 0.2) is 22.5 Å². The van der Waals surface area contributed by atoms with Crippen LogP contribution in [0.5, 0.6) is 0 Å². The predicted octanol–water partition coefficient (Wildman–Crippen LogP) is 1.79. The van der Waals surface area contributed by atoms with E-state index in [9.17, 15) is 8.42 Å². The van der Waals surface area contributed by atoms with Gasteiger partial charge in [0.2, 0.25) is 0 Å². The first kappa shape index (κ1) is 24.8. The highest BCUT2D eigenvalue weighted by Gasteiger charge is 2.24. The summed E-state index contributed by atoms with van der Waals surface area (Å²) in [5.41, 5.74) is 0. The zero-order valence-corrected chi connectivity index (χ0v) is 21.1. The van der Waals surface area contributed by atoms with Gasteiger partial charge in [0.15, 0.2) is 15.8 Å². The number of nitrogens with one attached hydrogen (secondary N) is 2. The number of rotatable bonds is 8. The molecule has 2 fully saturated rings. The van der Waals surface area contributed by atoms with Crippen molar-refractivity contribution in [2.24, 2.45) is 4.99 Å². The van der Waals surface area contributed by atoms with E-state index in [1.165, 1.54) is 17.7 Å². The van der Waals surface area contributed by atoms with E-state index in [2.05, 4.69) is 44.9 Å². The van der Waals surface area contributed by atoms with Gasteiger partial charge in [-0.15, -0.1) is 35.3 Å². The Hall–Kier alpha value is -0.430. The summed E-state index contributed by atoms with van der Waals surface area (Å²) in [5, 5.41) is 8.89. The molecule has 166 valence electrons. The topological polar surface area (TPSA) is 77.0 Å². The highest BCUT2D eigenvalue weighted by atomic mass is 127. The summed E-state index contributed by atoms with van der Waals surface area (Å²) in [6, 6.07) is 4.69. The molecular weight excluding hydrogens is 521 g/mol. The van der Waals surface area contributed by atoms with Gasteiger partial charge in [-0.2, -0.15) is 0 Å². The molecule has 0 saturated carbocycles. The Morgan fingerprint density at radius 2 is 1.93 bits per heavy atom. The van der Waals surface area contributed by atoms with Crippen LogP contribution in [0, 0.1) is 0 Å². The van der Waals surface area contributed by atoms with Gasteiger partial charge in [0.1, 0.15) is 0 Å². The number of hydrogen-bond acceptors (Lipinski definition) is 6. The van der Waals surface area contributed by atoms with Gasteiger partial charge >= 0.3 is 0 Å². The molecule has 0 spiro atoms. The summed E-state index contributed by atoms with van der Waals surface area (Å²) in [6.45, 7) is 8.81. The van der Waals surface area contributed by atoms with Crippen LogP contribution in [-0.2, 0) is 9.84 Å². The standard InChI is InChI=1S/C19H33N5O2S2.HI/c1-2-20-19(21-7-10-23-11-14-28(25,26)15-12-23)22-16-17(18-6-5-13-27-18)24-8-3-4-9-24;/h5-6,13,17H,2-4,7-12,14-16H2,1H3,(H2,20,21,22);1H. The second-order valence-corrected chi connectivity index (χ2v) is 10.7. The zero-order valence-electron chi connectivity index (χ0n) is 17.2. The van der Waals surface area contributed by atoms with Gasteiger partial charge in [-0.1, -0.05) is 6.07 Å². The summed E-state index contributed by atoms with van der Waals surface area (Å²) in [4.78, 5) is 11.0. The number of hydrogen-bond donors (Lipinski definition) is 2. The van der Waals surface area contributed by atoms with Gasteiger partial charge in [-0.25, -0.2) is 8.42 Å². The lowest BCUT2D eigenvalue weighted by Gasteiger charge is -2.27. The minimum absolute atomic E-state index is 0. The quantitative estimate of drug-likeness (QED) is 0.290. The first-order valence-electron chi connectivity index (χ1n) is 10.3. The minimum Gasteiger partial charge on any atom is -0.357 e. The Morgan fingerprint density at radius 1 is 1.21 bits per heavy atom. The summed E-state index contributed by atoms with van der Waals surface area (Å²) in [7, 11) is -2.82. The molecule has 1 aromatic rings. The molecule has 3 heterocycles. The summed E-state index contributed by atoms with van der Waals surface area (Å²) in [6.07, 6.45) is 2.55. The Kier molecular flexibility index (Phi) is 10.6. The number of halogens is 1. The van der Waals surface area contributed by atoms with Crippen molar-refractivity contribution in [2.75, 3.05) is 63.9 Å². The monoisotopic (exact) mass is 555 g/mol. The first-order valence-corrected chi connectivity index (χ1v) is 13.0. The highest BCUT2D eigenvalue weighted by molar-refractivity contribution is 14.0. The molecule has 0 amide bonds. The average Bonchev–Trinajstić information content (AvgIpc) is 3.38. The largest absolute Gasteiger partial charge is 0.357 e. The molecule has 1 atom stereocenters. The van der Waals surface area contributed by atoms with Crippen molar-refractivity contribution < 1.29 is 8.42 Å². The highest BCUT2D eigenvalue weighted by Crippen LogP contribution is 2.28. The maximum Gasteiger partial charge on any atom is 0.191 e. The molecule has 0 radical (unpaired) electrons. The molecular formula is C19H34IN5O2S2. The van der Waals surface area contributed by atoms with Crippen LogP contribution in [0.3, 0.4) is 0 Å². The van der Waals surface area contributed by atoms with Gasteiger partial charge in [0.25, 0.3) is 0 Å². The van der Waals surface area contributed by atoms with Crippen LogP contribution < -0.4 is 10.6 Å². The van der Waals surface area contributed by atoms with Crippen LogP contribution in [0.1, 0.15) is 30.7 Å². The van der Waals surface area contributed by atoms with Crippen molar-refractivity contribution in [3.8, 4) is 0 Å². The first-order chi connectivity index (χ1) is 13.6. The molecule has 1 aromatic heterocycles. The lowest BCUT2D eigenvalue weighted by Crippen LogP contribution is -2.46. The second-order valence-electron chi connectivity index (χ2n) is 7.41. The van der Waals surface area contributed by atoms with Crippen molar-refractivity contribution in [1.29, 1.82) is 0 Å². The lowest BCUT2D eigenvalue weighted by atomic mass is 10.2. The summed E-state index contributed by atoms with van der Waals surface area (Å²) >= 11 is 1.81. The molecule has 0 aliphatic carbocycles. The van der Waals surface area contributed by atoms with Gasteiger partial charge in [-0.05, 0) is 44.3 Å². The Balaban J connectivity index is 0.00000300. The van der Waals surface area contributed by atoms with Gasteiger partial charge < -0.3 is 10.6 Å². The Labute approximate surface area is 196 Å². The maximum atomic E-state index is 11.5. The molecule has 0 aromatic carbocycles. The molecule has 0 bridgehead atoms. The van der Waals surface area contributed by atoms with Crippen LogP contribution >= 0.6 is 35.3 Å². The zero-order chi connectivity index (χ0) is 19.8. The second kappa shape index (κ2) is 12.4. The third-order valence-corrected chi connectivity index (χ3v) is 7.96. The Morgan fingerprint density at radius 3 is 2.55 bits per heavy atom. The molecule has 29 heavy (non-hydrogen) atoms. The molecule has 2 aliphatic rings.